The molecule has 176 valence electrons. The number of amides is 2. The predicted molar refractivity (Wildman–Crippen MR) is 137 cm³/mol. The number of nitrogens with one attached hydrogen (secondary N) is 1. The van der Waals surface area contributed by atoms with E-state index in [0.717, 1.165) is 24.2 Å². The minimum Gasteiger partial charge on any atom is -0.422 e. The van der Waals surface area contributed by atoms with Gasteiger partial charge in [0.15, 0.2) is 0 Å². The van der Waals surface area contributed by atoms with Crippen molar-refractivity contribution in [2.24, 2.45) is 0 Å². The Morgan fingerprint density at radius 3 is 2.34 bits per heavy atom. The summed E-state index contributed by atoms with van der Waals surface area (Å²) in [6.07, 6.45) is 0. The van der Waals surface area contributed by atoms with Gasteiger partial charge >= 0.3 is 5.63 Å². The maximum absolute atomic E-state index is 12.9. The highest BCUT2D eigenvalue weighted by Gasteiger charge is 2.19. The summed E-state index contributed by atoms with van der Waals surface area (Å²) in [6, 6.07) is 23.7. The highest BCUT2D eigenvalue weighted by atomic mass is 16.4. The van der Waals surface area contributed by atoms with E-state index in [1.165, 1.54) is 0 Å². The average Bonchev–Trinajstić information content (AvgIpc) is 2.89. The molecule has 0 spiro atoms. The van der Waals surface area contributed by atoms with E-state index >= 15 is 0 Å². The van der Waals surface area contributed by atoms with E-state index in [2.05, 4.69) is 10.2 Å². The van der Waals surface area contributed by atoms with Gasteiger partial charge in [-0.15, -0.1) is 0 Å². The van der Waals surface area contributed by atoms with Gasteiger partial charge in [-0.2, -0.15) is 0 Å². The van der Waals surface area contributed by atoms with Gasteiger partial charge < -0.3 is 19.5 Å². The molecular formula is C28H25N3O4. The SMILES string of the molecule is CC(=O)N1CCN(c2ccc(NC(=O)c3cccc(-c4cc5ccccc5oc4=O)c3)cc2)CC1. The Labute approximate surface area is 202 Å². The number of fused-ring (bicyclic) bond motifs is 1. The van der Waals surface area contributed by atoms with Crippen molar-refractivity contribution in [2.75, 3.05) is 36.4 Å². The van der Waals surface area contributed by atoms with Crippen molar-refractivity contribution >= 4 is 34.2 Å². The lowest BCUT2D eigenvalue weighted by Crippen LogP contribution is -2.48. The lowest BCUT2D eigenvalue weighted by molar-refractivity contribution is -0.129. The lowest BCUT2D eigenvalue weighted by atomic mass is 10.0. The summed E-state index contributed by atoms with van der Waals surface area (Å²) in [6.45, 7) is 4.57. The summed E-state index contributed by atoms with van der Waals surface area (Å²) in [5.74, 6) is -0.159. The molecule has 0 radical (unpaired) electrons. The first-order valence-electron chi connectivity index (χ1n) is 11.5. The minimum atomic E-state index is -0.444. The summed E-state index contributed by atoms with van der Waals surface area (Å²) in [7, 11) is 0. The number of piperazine rings is 1. The third kappa shape index (κ3) is 4.80. The predicted octanol–water partition coefficient (Wildman–Crippen LogP) is 4.38. The van der Waals surface area contributed by atoms with Crippen LogP contribution in [0.15, 0.2) is 88.1 Å². The molecule has 1 aliphatic heterocycles. The summed E-state index contributed by atoms with van der Waals surface area (Å²) in [4.78, 5) is 41.0. The topological polar surface area (TPSA) is 82.9 Å². The van der Waals surface area contributed by atoms with E-state index < -0.39 is 5.63 Å². The molecule has 5 rings (SSSR count). The van der Waals surface area contributed by atoms with Crippen LogP contribution in [0.4, 0.5) is 11.4 Å². The van der Waals surface area contributed by atoms with Gasteiger partial charge in [0.2, 0.25) is 5.91 Å². The van der Waals surface area contributed by atoms with Crippen LogP contribution in [0.25, 0.3) is 22.1 Å². The highest BCUT2D eigenvalue weighted by molar-refractivity contribution is 6.05. The fraction of sp³-hybridized carbons (Fsp3) is 0.179. The average molecular weight is 468 g/mol. The Morgan fingerprint density at radius 2 is 1.60 bits per heavy atom. The number of para-hydroxylation sites is 1. The molecule has 1 aliphatic rings. The van der Waals surface area contributed by atoms with Gasteiger partial charge in [0, 0.05) is 55.4 Å². The Balaban J connectivity index is 1.30. The van der Waals surface area contributed by atoms with Crippen LogP contribution in [0.1, 0.15) is 17.3 Å². The number of benzene rings is 3. The molecule has 35 heavy (non-hydrogen) atoms. The molecule has 0 unspecified atom stereocenters. The molecule has 3 aromatic carbocycles. The van der Waals surface area contributed by atoms with Gasteiger partial charge in [0.1, 0.15) is 5.58 Å². The second-order valence-corrected chi connectivity index (χ2v) is 8.56. The van der Waals surface area contributed by atoms with Gasteiger partial charge in [-0.05, 0) is 54.1 Å². The maximum atomic E-state index is 12.9. The summed E-state index contributed by atoms with van der Waals surface area (Å²) >= 11 is 0. The molecule has 0 bridgehead atoms. The first-order valence-corrected chi connectivity index (χ1v) is 11.5. The first-order chi connectivity index (χ1) is 17.0. The Morgan fingerprint density at radius 1 is 0.857 bits per heavy atom. The maximum Gasteiger partial charge on any atom is 0.344 e. The fourth-order valence-electron chi connectivity index (χ4n) is 4.33. The van der Waals surface area contributed by atoms with Crippen LogP contribution in [-0.4, -0.2) is 42.9 Å². The smallest absolute Gasteiger partial charge is 0.344 e. The van der Waals surface area contributed by atoms with Gasteiger partial charge in [0.05, 0.1) is 5.56 Å². The molecule has 2 amide bonds. The van der Waals surface area contributed by atoms with E-state index in [9.17, 15) is 14.4 Å². The molecule has 0 saturated carbocycles. The quantitative estimate of drug-likeness (QED) is 0.451. The third-order valence-corrected chi connectivity index (χ3v) is 6.29. The van der Waals surface area contributed by atoms with Crippen molar-refractivity contribution in [3.8, 4) is 11.1 Å². The lowest BCUT2D eigenvalue weighted by Gasteiger charge is -2.35. The van der Waals surface area contributed by atoms with Crippen LogP contribution >= 0.6 is 0 Å². The molecular weight excluding hydrogens is 442 g/mol. The number of rotatable bonds is 4. The van der Waals surface area contributed by atoms with Crippen molar-refractivity contribution in [2.45, 2.75) is 6.92 Å². The van der Waals surface area contributed by atoms with Gasteiger partial charge in [0.25, 0.3) is 5.91 Å². The Kier molecular flexibility index (Phi) is 6.06. The zero-order valence-corrected chi connectivity index (χ0v) is 19.4. The molecule has 7 heteroatoms. The van der Waals surface area contributed by atoms with Crippen LogP contribution in [0.5, 0.6) is 0 Å². The van der Waals surface area contributed by atoms with Crippen molar-refractivity contribution in [3.05, 3.63) is 94.8 Å². The van der Waals surface area contributed by atoms with Crippen molar-refractivity contribution in [1.82, 2.24) is 4.90 Å². The normalized spacial score (nSPS) is 13.6. The van der Waals surface area contributed by atoms with Crippen molar-refractivity contribution in [3.63, 3.8) is 0 Å². The fourth-order valence-corrected chi connectivity index (χ4v) is 4.33. The largest absolute Gasteiger partial charge is 0.422 e. The number of carbonyl (C=O) groups excluding carboxylic acids is 2. The monoisotopic (exact) mass is 467 g/mol. The molecule has 2 heterocycles. The van der Waals surface area contributed by atoms with E-state index in [1.807, 2.05) is 47.4 Å². The van der Waals surface area contributed by atoms with Crippen molar-refractivity contribution < 1.29 is 14.0 Å². The molecule has 7 nitrogen and oxygen atoms in total. The van der Waals surface area contributed by atoms with Crippen LogP contribution in [-0.2, 0) is 4.79 Å². The molecule has 1 saturated heterocycles. The summed E-state index contributed by atoms with van der Waals surface area (Å²) in [5.41, 5.74) is 3.29. The molecule has 1 N–H and O–H groups in total. The van der Waals surface area contributed by atoms with E-state index in [-0.39, 0.29) is 11.8 Å². The third-order valence-electron chi connectivity index (χ3n) is 6.29. The van der Waals surface area contributed by atoms with Crippen molar-refractivity contribution in [1.29, 1.82) is 0 Å². The van der Waals surface area contributed by atoms with E-state index in [4.69, 9.17) is 4.42 Å². The van der Waals surface area contributed by atoms with E-state index in [0.29, 0.717) is 41.1 Å². The summed E-state index contributed by atoms with van der Waals surface area (Å²) in [5, 5.41) is 3.74. The number of nitrogens with zero attached hydrogens (tertiary/aromatic N) is 2. The van der Waals surface area contributed by atoms with Crippen LogP contribution in [0, 0.1) is 0 Å². The molecule has 0 aliphatic carbocycles. The van der Waals surface area contributed by atoms with Crippen LogP contribution < -0.4 is 15.8 Å². The van der Waals surface area contributed by atoms with E-state index in [1.54, 1.807) is 43.3 Å². The zero-order valence-electron chi connectivity index (χ0n) is 19.4. The van der Waals surface area contributed by atoms with Gasteiger partial charge in [-0.25, -0.2) is 4.79 Å². The minimum absolute atomic E-state index is 0.105. The Bertz CT molecular complexity index is 1450. The molecule has 1 fully saturated rings. The standard InChI is InChI=1S/C28H25N3O4/c1-19(32)30-13-15-31(16-14-30)24-11-9-23(10-12-24)29-27(33)22-7-4-6-20(17-22)25-18-21-5-2-3-8-26(21)35-28(25)34/h2-12,17-18H,13-16H2,1H3,(H,29,33). The first kappa shape index (κ1) is 22.4. The van der Waals surface area contributed by atoms with Gasteiger partial charge in [-0.3, -0.25) is 9.59 Å². The number of hydrogen-bond donors (Lipinski definition) is 1. The Hall–Kier alpha value is -4.39. The van der Waals surface area contributed by atoms with Gasteiger partial charge in [-0.1, -0.05) is 30.3 Å². The number of hydrogen-bond acceptors (Lipinski definition) is 5. The van der Waals surface area contributed by atoms with Crippen LogP contribution in [0.3, 0.4) is 0 Å². The molecule has 4 aromatic rings. The zero-order chi connectivity index (χ0) is 24.4. The number of carbonyl (C=O) groups is 2. The number of anilines is 2. The molecule has 1 aromatic heterocycles. The second kappa shape index (κ2) is 9.46. The van der Waals surface area contributed by atoms with Crippen LogP contribution in [0.2, 0.25) is 0 Å². The molecule has 0 atom stereocenters. The second-order valence-electron chi connectivity index (χ2n) is 8.56. The highest BCUT2D eigenvalue weighted by Crippen LogP contribution is 2.23. The summed E-state index contributed by atoms with van der Waals surface area (Å²) < 4.78 is 5.44.